The minimum Gasteiger partial charge on any atom is -0.341 e. The summed E-state index contributed by atoms with van der Waals surface area (Å²) in [4.78, 5) is 30.5. The number of aryl methyl sites for hydroxylation is 1. The summed E-state index contributed by atoms with van der Waals surface area (Å²) >= 11 is 0. The van der Waals surface area contributed by atoms with E-state index >= 15 is 0 Å². The van der Waals surface area contributed by atoms with Gasteiger partial charge in [0.25, 0.3) is 0 Å². The Hall–Kier alpha value is -2.70. The summed E-state index contributed by atoms with van der Waals surface area (Å²) in [7, 11) is 0. The van der Waals surface area contributed by atoms with Crippen LogP contribution in [0, 0.1) is 18.7 Å². The molecule has 0 spiro atoms. The lowest BCUT2D eigenvalue weighted by Gasteiger charge is -2.33. The third-order valence-corrected chi connectivity index (χ3v) is 4.99. The Bertz CT molecular complexity index is 791. The van der Waals surface area contributed by atoms with Gasteiger partial charge in [-0.15, -0.1) is 0 Å². The summed E-state index contributed by atoms with van der Waals surface area (Å²) in [6.07, 6.45) is 8.19. The van der Waals surface area contributed by atoms with Gasteiger partial charge in [-0.05, 0) is 55.9 Å². The van der Waals surface area contributed by atoms with Gasteiger partial charge in [-0.2, -0.15) is 0 Å². The van der Waals surface area contributed by atoms with E-state index in [4.69, 9.17) is 0 Å². The Balaban J connectivity index is 1.46. The van der Waals surface area contributed by atoms with E-state index in [1.54, 1.807) is 36.3 Å². The molecule has 27 heavy (non-hydrogen) atoms. The van der Waals surface area contributed by atoms with Gasteiger partial charge < -0.3 is 14.8 Å². The maximum absolute atomic E-state index is 13.1. The van der Waals surface area contributed by atoms with Gasteiger partial charge in [0.2, 0.25) is 11.8 Å². The number of benzene rings is 1. The molecule has 2 heterocycles. The van der Waals surface area contributed by atoms with Crippen molar-refractivity contribution < 1.29 is 14.0 Å². The number of rotatable bonds is 6. The molecule has 1 saturated heterocycles. The van der Waals surface area contributed by atoms with E-state index in [1.807, 2.05) is 4.90 Å². The Labute approximate surface area is 158 Å². The fourth-order valence-electron chi connectivity index (χ4n) is 3.48. The number of piperidine rings is 1. The highest BCUT2D eigenvalue weighted by molar-refractivity contribution is 5.91. The molecule has 1 atom stereocenters. The van der Waals surface area contributed by atoms with E-state index in [0.717, 1.165) is 25.8 Å². The average molecular weight is 372 g/mol. The molecule has 0 radical (unpaired) electrons. The summed E-state index contributed by atoms with van der Waals surface area (Å²) in [5, 5.41) is 2.84. The number of aromatic nitrogens is 2. The second-order valence-corrected chi connectivity index (χ2v) is 7.13. The van der Waals surface area contributed by atoms with E-state index in [1.165, 1.54) is 12.1 Å². The van der Waals surface area contributed by atoms with E-state index in [0.29, 0.717) is 36.7 Å². The summed E-state index contributed by atoms with van der Waals surface area (Å²) in [6.45, 7) is 3.53. The molecule has 6 nitrogen and oxygen atoms in total. The Morgan fingerprint density at radius 2 is 2.22 bits per heavy atom. The first-order valence-corrected chi connectivity index (χ1v) is 9.31. The number of halogens is 1. The molecule has 1 N–H and O–H groups in total. The Kier molecular flexibility index (Phi) is 6.21. The van der Waals surface area contributed by atoms with Crippen molar-refractivity contribution in [3.05, 3.63) is 48.3 Å². The lowest BCUT2D eigenvalue weighted by atomic mass is 9.93. The van der Waals surface area contributed by atoms with Crippen molar-refractivity contribution in [2.24, 2.45) is 5.92 Å². The van der Waals surface area contributed by atoms with Crippen molar-refractivity contribution in [2.45, 2.75) is 39.2 Å². The van der Waals surface area contributed by atoms with E-state index in [-0.39, 0.29) is 17.6 Å². The lowest BCUT2D eigenvalue weighted by molar-refractivity contribution is -0.133. The van der Waals surface area contributed by atoms with Crippen LogP contribution >= 0.6 is 0 Å². The van der Waals surface area contributed by atoms with Gasteiger partial charge in [-0.25, -0.2) is 9.37 Å². The van der Waals surface area contributed by atoms with Gasteiger partial charge in [-0.1, -0.05) is 0 Å². The number of anilines is 1. The highest BCUT2D eigenvalue weighted by Gasteiger charge is 2.24. The first kappa shape index (κ1) is 19.1. The van der Waals surface area contributed by atoms with Crippen LogP contribution in [-0.2, 0) is 16.1 Å². The maximum Gasteiger partial charge on any atom is 0.242 e. The molecule has 0 saturated carbocycles. The molecule has 3 rings (SSSR count). The van der Waals surface area contributed by atoms with Gasteiger partial charge in [0, 0.05) is 37.6 Å². The van der Waals surface area contributed by atoms with Crippen molar-refractivity contribution >= 4 is 17.5 Å². The van der Waals surface area contributed by atoms with Gasteiger partial charge in [0.1, 0.15) is 12.4 Å². The second-order valence-electron chi connectivity index (χ2n) is 7.13. The largest absolute Gasteiger partial charge is 0.341 e. The number of nitrogens with zero attached hydrogens (tertiary/aromatic N) is 3. The summed E-state index contributed by atoms with van der Waals surface area (Å²) in [6, 6.07) is 4.33. The van der Waals surface area contributed by atoms with Gasteiger partial charge >= 0.3 is 0 Å². The number of imidazole rings is 1. The SMILES string of the molecule is Cc1cc(F)ccc1NC(=O)CC[C@@H]1CCCN(C(=O)Cn2ccnc2)C1. The number of hydrogen-bond acceptors (Lipinski definition) is 3. The van der Waals surface area contributed by atoms with Crippen LogP contribution in [0.2, 0.25) is 0 Å². The molecule has 2 aromatic rings. The molecule has 7 heteroatoms. The topological polar surface area (TPSA) is 67.2 Å². The highest BCUT2D eigenvalue weighted by atomic mass is 19.1. The quantitative estimate of drug-likeness (QED) is 0.848. The maximum atomic E-state index is 13.1. The summed E-state index contributed by atoms with van der Waals surface area (Å²) in [5.74, 6) is 0.0226. The minimum atomic E-state index is -0.312. The van der Waals surface area contributed by atoms with Crippen LogP contribution in [0.4, 0.5) is 10.1 Å². The normalized spacial score (nSPS) is 17.0. The van der Waals surface area contributed by atoms with Crippen LogP contribution in [0.25, 0.3) is 0 Å². The molecular formula is C20H25FN4O2. The zero-order valence-electron chi connectivity index (χ0n) is 15.5. The molecule has 0 aliphatic carbocycles. The van der Waals surface area contributed by atoms with Crippen molar-refractivity contribution in [3.8, 4) is 0 Å². The Morgan fingerprint density at radius 1 is 1.37 bits per heavy atom. The number of likely N-dealkylation sites (tertiary alicyclic amines) is 1. The third kappa shape index (κ3) is 5.39. The van der Waals surface area contributed by atoms with Crippen molar-refractivity contribution in [1.82, 2.24) is 14.5 Å². The molecule has 1 fully saturated rings. The fourth-order valence-corrected chi connectivity index (χ4v) is 3.48. The molecule has 1 aliphatic heterocycles. The molecule has 2 amide bonds. The zero-order chi connectivity index (χ0) is 19.2. The van der Waals surface area contributed by atoms with Crippen molar-refractivity contribution in [2.75, 3.05) is 18.4 Å². The summed E-state index contributed by atoms with van der Waals surface area (Å²) < 4.78 is 14.9. The second kappa shape index (κ2) is 8.79. The highest BCUT2D eigenvalue weighted by Crippen LogP contribution is 2.22. The number of hydrogen-bond donors (Lipinski definition) is 1. The number of amides is 2. The average Bonchev–Trinajstić information content (AvgIpc) is 3.15. The molecule has 0 bridgehead atoms. The third-order valence-electron chi connectivity index (χ3n) is 4.99. The molecule has 144 valence electrons. The van der Waals surface area contributed by atoms with E-state index in [9.17, 15) is 14.0 Å². The molecule has 0 unspecified atom stereocenters. The van der Waals surface area contributed by atoms with Crippen LogP contribution < -0.4 is 5.32 Å². The predicted molar refractivity (Wildman–Crippen MR) is 101 cm³/mol. The smallest absolute Gasteiger partial charge is 0.242 e. The molecule has 1 aromatic heterocycles. The number of carbonyl (C=O) groups excluding carboxylic acids is 2. The van der Waals surface area contributed by atoms with Gasteiger partial charge in [-0.3, -0.25) is 9.59 Å². The molecule has 1 aliphatic rings. The predicted octanol–water partition coefficient (Wildman–Crippen LogP) is 2.99. The van der Waals surface area contributed by atoms with E-state index in [2.05, 4.69) is 10.3 Å². The molecule has 1 aromatic carbocycles. The zero-order valence-corrected chi connectivity index (χ0v) is 15.5. The summed E-state index contributed by atoms with van der Waals surface area (Å²) in [5.41, 5.74) is 1.35. The Morgan fingerprint density at radius 3 is 2.96 bits per heavy atom. The minimum absolute atomic E-state index is 0.0772. The number of carbonyl (C=O) groups is 2. The first-order chi connectivity index (χ1) is 13.0. The van der Waals surface area contributed by atoms with Gasteiger partial charge in [0.05, 0.1) is 6.33 Å². The van der Waals surface area contributed by atoms with Crippen molar-refractivity contribution in [1.29, 1.82) is 0 Å². The monoisotopic (exact) mass is 372 g/mol. The van der Waals surface area contributed by atoms with Gasteiger partial charge in [0.15, 0.2) is 0 Å². The lowest BCUT2D eigenvalue weighted by Crippen LogP contribution is -2.41. The fraction of sp³-hybridized carbons (Fsp3) is 0.450. The standard InChI is InChI=1S/C20H25FN4O2/c1-15-11-17(21)5-6-18(15)23-19(26)7-4-16-3-2-9-25(12-16)20(27)13-24-10-8-22-14-24/h5-6,8,10-11,14,16H,2-4,7,9,12-13H2,1H3,(H,23,26)/t16-/m0/s1. The van der Waals surface area contributed by atoms with Crippen LogP contribution in [0.15, 0.2) is 36.9 Å². The first-order valence-electron chi connectivity index (χ1n) is 9.31. The number of nitrogens with one attached hydrogen (secondary N) is 1. The van der Waals surface area contributed by atoms with Crippen molar-refractivity contribution in [3.63, 3.8) is 0 Å². The molecular weight excluding hydrogens is 347 g/mol. The van der Waals surface area contributed by atoms with Crippen LogP contribution in [-0.4, -0.2) is 39.4 Å². The van der Waals surface area contributed by atoms with Crippen LogP contribution in [0.5, 0.6) is 0 Å². The van der Waals surface area contributed by atoms with Crippen LogP contribution in [0.3, 0.4) is 0 Å². The van der Waals surface area contributed by atoms with E-state index < -0.39 is 0 Å². The van der Waals surface area contributed by atoms with Crippen LogP contribution in [0.1, 0.15) is 31.2 Å².